The van der Waals surface area contributed by atoms with E-state index in [1.807, 2.05) is 24.3 Å². The lowest BCUT2D eigenvalue weighted by atomic mass is 10.1. The van der Waals surface area contributed by atoms with Crippen LogP contribution in [-0.2, 0) is 0 Å². The molecular formula is C22H11Br2N5O5. The van der Waals surface area contributed by atoms with Crippen LogP contribution in [0.2, 0.25) is 0 Å². The maximum atomic E-state index is 11.5. The topological polar surface area (TPSA) is 148 Å². The highest BCUT2D eigenvalue weighted by molar-refractivity contribution is 9.11. The quantitative estimate of drug-likeness (QED) is 0.149. The first-order valence-corrected chi connectivity index (χ1v) is 11.0. The van der Waals surface area contributed by atoms with Crippen LogP contribution in [0.5, 0.6) is 11.5 Å². The van der Waals surface area contributed by atoms with Crippen LogP contribution in [0, 0.1) is 31.6 Å². The molecule has 1 aromatic heterocycles. The average molecular weight is 585 g/mol. The Morgan fingerprint density at radius 3 is 2.53 bits per heavy atom. The van der Waals surface area contributed by atoms with E-state index in [1.165, 1.54) is 6.08 Å². The molecule has 1 N–H and O–H groups in total. The van der Waals surface area contributed by atoms with Crippen molar-refractivity contribution in [2.45, 2.75) is 0 Å². The lowest BCUT2D eigenvalue weighted by molar-refractivity contribution is -0.394. The smallest absolute Gasteiger partial charge is 0.318 e. The monoisotopic (exact) mass is 583 g/mol. The van der Waals surface area contributed by atoms with Gasteiger partial charge < -0.3 is 9.72 Å². The van der Waals surface area contributed by atoms with Crippen molar-refractivity contribution in [1.82, 2.24) is 9.97 Å². The zero-order chi connectivity index (χ0) is 24.4. The van der Waals surface area contributed by atoms with Gasteiger partial charge in [0.2, 0.25) is 5.75 Å². The predicted octanol–water partition coefficient (Wildman–Crippen LogP) is 6.76. The van der Waals surface area contributed by atoms with Crippen molar-refractivity contribution in [2.24, 2.45) is 0 Å². The standard InChI is InChI=1S/C22H11Br2N5O5/c23-14-8-12(7-13(11-25)22-26-17-3-1-2-4-18(17)27-22)21(16(24)9-14)34-20-6-5-15(28(30)31)10-19(20)29(32)33/h1-10H,(H,26,27)/b13-7+. The van der Waals surface area contributed by atoms with Gasteiger partial charge in [-0.05, 0) is 52.3 Å². The van der Waals surface area contributed by atoms with Crippen LogP contribution in [-0.4, -0.2) is 19.8 Å². The zero-order valence-corrected chi connectivity index (χ0v) is 20.0. The lowest BCUT2D eigenvalue weighted by Gasteiger charge is -2.12. The minimum Gasteiger partial charge on any atom is -0.448 e. The highest BCUT2D eigenvalue weighted by Gasteiger charge is 2.23. The van der Waals surface area contributed by atoms with Crippen LogP contribution in [0.4, 0.5) is 11.4 Å². The number of nitro benzene ring substituents is 2. The Morgan fingerprint density at radius 2 is 1.85 bits per heavy atom. The number of allylic oxidation sites excluding steroid dienone is 1. The van der Waals surface area contributed by atoms with E-state index in [9.17, 15) is 25.5 Å². The molecule has 0 saturated heterocycles. The van der Waals surface area contributed by atoms with Gasteiger partial charge in [-0.25, -0.2) is 4.98 Å². The molecule has 34 heavy (non-hydrogen) atoms. The zero-order valence-electron chi connectivity index (χ0n) is 16.9. The summed E-state index contributed by atoms with van der Waals surface area (Å²) in [7, 11) is 0. The Balaban J connectivity index is 1.83. The predicted molar refractivity (Wildman–Crippen MR) is 131 cm³/mol. The molecule has 1 heterocycles. The number of non-ortho nitro benzene ring substituents is 1. The van der Waals surface area contributed by atoms with Crippen LogP contribution in [0.25, 0.3) is 22.7 Å². The number of para-hydroxylation sites is 2. The molecule has 0 radical (unpaired) electrons. The number of aromatic amines is 1. The second kappa shape index (κ2) is 9.42. The number of ether oxygens (including phenoxy) is 1. The van der Waals surface area contributed by atoms with Gasteiger partial charge in [0.1, 0.15) is 17.6 Å². The molecule has 0 aliphatic rings. The normalized spacial score (nSPS) is 11.3. The summed E-state index contributed by atoms with van der Waals surface area (Å²) in [4.78, 5) is 28.6. The number of imidazole rings is 1. The molecule has 4 aromatic rings. The fourth-order valence-electron chi connectivity index (χ4n) is 3.14. The van der Waals surface area contributed by atoms with E-state index in [2.05, 4.69) is 47.9 Å². The van der Waals surface area contributed by atoms with Crippen molar-refractivity contribution >= 4 is 65.9 Å². The van der Waals surface area contributed by atoms with Crippen molar-refractivity contribution in [1.29, 1.82) is 5.26 Å². The summed E-state index contributed by atoms with van der Waals surface area (Å²) < 4.78 is 6.93. The Kier molecular flexibility index (Phi) is 6.40. The Morgan fingerprint density at radius 1 is 1.09 bits per heavy atom. The first-order valence-electron chi connectivity index (χ1n) is 9.43. The summed E-state index contributed by atoms with van der Waals surface area (Å²) >= 11 is 6.77. The Bertz CT molecular complexity index is 1510. The number of H-pyrrole nitrogens is 1. The molecule has 10 nitrogen and oxygen atoms in total. The molecule has 12 heteroatoms. The molecular weight excluding hydrogens is 574 g/mol. The molecule has 0 atom stereocenters. The molecule has 0 bridgehead atoms. The first kappa shape index (κ1) is 23.1. The van der Waals surface area contributed by atoms with Crippen molar-refractivity contribution in [3.63, 3.8) is 0 Å². The minimum absolute atomic E-state index is 0.170. The summed E-state index contributed by atoms with van der Waals surface area (Å²) in [5, 5.41) is 32.3. The maximum Gasteiger partial charge on any atom is 0.318 e. The number of rotatable bonds is 6. The molecule has 4 rings (SSSR count). The number of nitro groups is 2. The highest BCUT2D eigenvalue weighted by atomic mass is 79.9. The summed E-state index contributed by atoms with van der Waals surface area (Å²) in [6, 6.07) is 15.8. The molecule has 0 fully saturated rings. The molecule has 0 unspecified atom stereocenters. The van der Waals surface area contributed by atoms with Gasteiger partial charge in [-0.15, -0.1) is 0 Å². The third kappa shape index (κ3) is 4.66. The molecule has 168 valence electrons. The second-order valence-corrected chi connectivity index (χ2v) is 8.62. The third-order valence-corrected chi connectivity index (χ3v) is 5.71. The molecule has 0 aliphatic carbocycles. The van der Waals surface area contributed by atoms with Crippen LogP contribution in [0.3, 0.4) is 0 Å². The molecule has 0 aliphatic heterocycles. The van der Waals surface area contributed by atoms with Gasteiger partial charge in [0, 0.05) is 16.1 Å². The van der Waals surface area contributed by atoms with Crippen LogP contribution < -0.4 is 4.74 Å². The minimum atomic E-state index is -0.764. The number of fused-ring (bicyclic) bond motifs is 1. The van der Waals surface area contributed by atoms with E-state index < -0.39 is 21.2 Å². The van der Waals surface area contributed by atoms with Crippen LogP contribution in [0.15, 0.2) is 63.5 Å². The van der Waals surface area contributed by atoms with Gasteiger partial charge >= 0.3 is 5.69 Å². The number of hydrogen-bond donors (Lipinski definition) is 1. The average Bonchev–Trinajstić information content (AvgIpc) is 3.23. The largest absolute Gasteiger partial charge is 0.448 e. The number of nitriles is 1. The van der Waals surface area contributed by atoms with E-state index in [4.69, 9.17) is 4.74 Å². The fraction of sp³-hybridized carbons (Fsp3) is 0. The number of hydrogen-bond acceptors (Lipinski definition) is 7. The summed E-state index contributed by atoms with van der Waals surface area (Å²) in [5.74, 6) is 0.312. The van der Waals surface area contributed by atoms with Gasteiger partial charge in [0.05, 0.1) is 37.0 Å². The number of nitrogens with zero attached hydrogens (tertiary/aromatic N) is 4. The number of nitrogens with one attached hydrogen (secondary N) is 1. The number of benzene rings is 3. The van der Waals surface area contributed by atoms with Crippen LogP contribution >= 0.6 is 31.9 Å². The SMILES string of the molecule is N#C/C(=C\c1cc(Br)cc(Br)c1Oc1ccc([N+](=O)[O-])cc1[N+](=O)[O-])c1nc2ccccc2[nH]1. The molecule has 0 amide bonds. The van der Waals surface area contributed by atoms with Gasteiger partial charge in [-0.2, -0.15) is 5.26 Å². The van der Waals surface area contributed by atoms with E-state index in [0.717, 1.165) is 23.7 Å². The lowest BCUT2D eigenvalue weighted by Crippen LogP contribution is -1.98. The molecule has 0 spiro atoms. The van der Waals surface area contributed by atoms with Gasteiger partial charge in [0.25, 0.3) is 5.69 Å². The van der Waals surface area contributed by atoms with Crippen molar-refractivity contribution < 1.29 is 14.6 Å². The fourth-order valence-corrected chi connectivity index (χ4v) is 4.48. The summed E-state index contributed by atoms with van der Waals surface area (Å²) in [6.45, 7) is 0. The van der Waals surface area contributed by atoms with Gasteiger partial charge in [-0.3, -0.25) is 20.2 Å². The Labute approximate surface area is 208 Å². The molecule has 0 saturated carbocycles. The van der Waals surface area contributed by atoms with E-state index in [0.29, 0.717) is 25.8 Å². The number of halogens is 2. The van der Waals surface area contributed by atoms with Crippen molar-refractivity contribution in [2.75, 3.05) is 0 Å². The van der Waals surface area contributed by atoms with Gasteiger partial charge in [-0.1, -0.05) is 28.1 Å². The maximum absolute atomic E-state index is 11.5. The summed E-state index contributed by atoms with van der Waals surface area (Å²) in [5.41, 5.74) is 1.04. The second-order valence-electron chi connectivity index (χ2n) is 6.85. The first-order chi connectivity index (χ1) is 16.3. The molecule has 3 aromatic carbocycles. The van der Waals surface area contributed by atoms with Gasteiger partial charge in [0.15, 0.2) is 0 Å². The van der Waals surface area contributed by atoms with Crippen molar-refractivity contribution in [3.8, 4) is 17.6 Å². The van der Waals surface area contributed by atoms with Crippen LogP contribution in [0.1, 0.15) is 11.4 Å². The van der Waals surface area contributed by atoms with E-state index in [-0.39, 0.29) is 17.1 Å². The third-order valence-electron chi connectivity index (χ3n) is 4.66. The van der Waals surface area contributed by atoms with E-state index in [1.54, 1.807) is 12.1 Å². The summed E-state index contributed by atoms with van der Waals surface area (Å²) in [6.07, 6.45) is 1.53. The Hall–Kier alpha value is -4.08. The van der Waals surface area contributed by atoms with E-state index >= 15 is 0 Å². The highest BCUT2D eigenvalue weighted by Crippen LogP contribution is 2.41. The number of aromatic nitrogens is 2. The van der Waals surface area contributed by atoms with Crippen molar-refractivity contribution in [3.05, 3.63) is 95.2 Å².